The van der Waals surface area contributed by atoms with Crippen LogP contribution in [-0.4, -0.2) is 46.9 Å². The molecule has 2 aliphatic rings. The lowest BCUT2D eigenvalue weighted by molar-refractivity contribution is -0.133. The second kappa shape index (κ2) is 7.12. The summed E-state index contributed by atoms with van der Waals surface area (Å²) in [4.78, 5) is 37.7. The Morgan fingerprint density at radius 1 is 1.17 bits per heavy atom. The van der Waals surface area contributed by atoms with Crippen LogP contribution in [-0.2, 0) is 9.53 Å². The van der Waals surface area contributed by atoms with Crippen molar-refractivity contribution in [3.8, 4) is 11.5 Å². The quantitative estimate of drug-likeness (QED) is 0.663. The maximum Gasteiger partial charge on any atom is 0.343 e. The van der Waals surface area contributed by atoms with Gasteiger partial charge in [0.2, 0.25) is 0 Å². The topological polar surface area (TPSA) is 97.4 Å². The van der Waals surface area contributed by atoms with Gasteiger partial charge in [-0.15, -0.1) is 0 Å². The van der Waals surface area contributed by atoms with Crippen molar-refractivity contribution in [1.82, 2.24) is 15.0 Å². The van der Waals surface area contributed by atoms with Crippen molar-refractivity contribution < 1.29 is 19.1 Å². The standard InChI is InChI=1S/C22H22N4O4/c1-29-21(28)17-13-24-19(26-6-3-22(4-7-26)10-15(27)11-22)9-18(17)30-16-8-14-2-5-23-20(14)25-12-16/h2,5,8-9,12-13H,3-4,6-7,10-11H2,1H3,(H,23,25). The summed E-state index contributed by atoms with van der Waals surface area (Å²) < 4.78 is 10.9. The normalized spacial score (nSPS) is 17.8. The molecule has 1 saturated heterocycles. The number of ketones is 1. The Morgan fingerprint density at radius 2 is 1.97 bits per heavy atom. The molecule has 4 heterocycles. The zero-order valence-electron chi connectivity index (χ0n) is 16.7. The molecule has 1 aliphatic heterocycles. The first-order valence-corrected chi connectivity index (χ1v) is 10.0. The second-order valence-corrected chi connectivity index (χ2v) is 8.10. The van der Waals surface area contributed by atoms with E-state index in [9.17, 15) is 9.59 Å². The number of H-pyrrole nitrogens is 1. The number of rotatable bonds is 4. The number of pyridine rings is 2. The van der Waals surface area contributed by atoms with E-state index in [-0.39, 0.29) is 11.0 Å². The highest BCUT2D eigenvalue weighted by atomic mass is 16.5. The molecule has 1 saturated carbocycles. The van der Waals surface area contributed by atoms with Crippen molar-refractivity contribution in [2.75, 3.05) is 25.1 Å². The average Bonchev–Trinajstić information content (AvgIpc) is 3.21. The summed E-state index contributed by atoms with van der Waals surface area (Å²) in [5.41, 5.74) is 1.22. The molecule has 3 aromatic heterocycles. The number of piperidine rings is 1. The number of anilines is 1. The molecule has 0 radical (unpaired) electrons. The summed E-state index contributed by atoms with van der Waals surface area (Å²) in [5, 5.41) is 0.915. The molecule has 0 atom stereocenters. The minimum absolute atomic E-state index is 0.191. The zero-order chi connectivity index (χ0) is 20.7. The van der Waals surface area contributed by atoms with Crippen LogP contribution in [0.2, 0.25) is 0 Å². The molecule has 0 aromatic carbocycles. The Balaban J connectivity index is 1.41. The van der Waals surface area contributed by atoms with Crippen LogP contribution in [0.25, 0.3) is 11.0 Å². The fourth-order valence-electron chi connectivity index (χ4n) is 4.40. The van der Waals surface area contributed by atoms with Crippen LogP contribution in [0.3, 0.4) is 0 Å². The van der Waals surface area contributed by atoms with E-state index in [0.717, 1.165) is 42.8 Å². The molecule has 5 rings (SSSR count). The number of aromatic nitrogens is 3. The third-order valence-corrected chi connectivity index (χ3v) is 6.15. The Bertz CT molecular complexity index is 1120. The monoisotopic (exact) mass is 406 g/mol. The van der Waals surface area contributed by atoms with Crippen molar-refractivity contribution in [2.24, 2.45) is 5.41 Å². The van der Waals surface area contributed by atoms with Gasteiger partial charge in [-0.2, -0.15) is 0 Å². The Labute approximate surface area is 173 Å². The third kappa shape index (κ3) is 3.28. The molecule has 0 bridgehead atoms. The van der Waals surface area contributed by atoms with Crippen LogP contribution in [0.4, 0.5) is 5.82 Å². The summed E-state index contributed by atoms with van der Waals surface area (Å²) in [6, 6.07) is 5.54. The Morgan fingerprint density at radius 3 is 2.70 bits per heavy atom. The van der Waals surface area contributed by atoms with Gasteiger partial charge in [0.05, 0.1) is 13.3 Å². The third-order valence-electron chi connectivity index (χ3n) is 6.15. The van der Waals surface area contributed by atoms with E-state index in [1.54, 1.807) is 12.3 Å². The molecule has 8 heteroatoms. The fourth-order valence-corrected chi connectivity index (χ4v) is 4.40. The van der Waals surface area contributed by atoms with E-state index in [2.05, 4.69) is 19.9 Å². The zero-order valence-corrected chi connectivity index (χ0v) is 16.7. The van der Waals surface area contributed by atoms with Gasteiger partial charge in [-0.1, -0.05) is 0 Å². The predicted octanol–water partition coefficient (Wildman–Crippen LogP) is 3.49. The highest BCUT2D eigenvalue weighted by Gasteiger charge is 2.45. The molecular formula is C22H22N4O4. The van der Waals surface area contributed by atoms with Gasteiger partial charge in [0, 0.05) is 49.8 Å². The maximum absolute atomic E-state index is 12.2. The van der Waals surface area contributed by atoms with E-state index in [1.165, 1.54) is 13.3 Å². The molecule has 154 valence electrons. The SMILES string of the molecule is COC(=O)c1cnc(N2CCC3(CC2)CC(=O)C3)cc1Oc1cnc2[nH]ccc2c1. The average molecular weight is 406 g/mol. The van der Waals surface area contributed by atoms with Crippen molar-refractivity contribution in [2.45, 2.75) is 25.7 Å². The number of fused-ring (bicyclic) bond motifs is 1. The van der Waals surface area contributed by atoms with Gasteiger partial charge in [-0.25, -0.2) is 14.8 Å². The fraction of sp³-hybridized carbons (Fsp3) is 0.364. The minimum atomic E-state index is -0.509. The summed E-state index contributed by atoms with van der Waals surface area (Å²) in [5.74, 6) is 1.50. The number of hydrogen-bond donors (Lipinski definition) is 1. The number of carbonyl (C=O) groups is 2. The van der Waals surface area contributed by atoms with E-state index in [1.807, 2.05) is 18.3 Å². The molecule has 1 aliphatic carbocycles. The predicted molar refractivity (Wildman–Crippen MR) is 110 cm³/mol. The molecule has 1 N–H and O–H groups in total. The number of carbonyl (C=O) groups excluding carboxylic acids is 2. The highest BCUT2D eigenvalue weighted by molar-refractivity contribution is 5.92. The van der Waals surface area contributed by atoms with E-state index in [0.29, 0.717) is 30.1 Å². The van der Waals surface area contributed by atoms with E-state index >= 15 is 0 Å². The van der Waals surface area contributed by atoms with Crippen LogP contribution in [0, 0.1) is 5.41 Å². The molecule has 1 spiro atoms. The van der Waals surface area contributed by atoms with E-state index in [4.69, 9.17) is 9.47 Å². The lowest BCUT2D eigenvalue weighted by atomic mass is 9.62. The maximum atomic E-state index is 12.2. The second-order valence-electron chi connectivity index (χ2n) is 8.10. The summed E-state index contributed by atoms with van der Waals surface area (Å²) >= 11 is 0. The van der Waals surface area contributed by atoms with Crippen molar-refractivity contribution in [1.29, 1.82) is 0 Å². The number of esters is 1. The van der Waals surface area contributed by atoms with E-state index < -0.39 is 5.97 Å². The van der Waals surface area contributed by atoms with Crippen LogP contribution in [0.5, 0.6) is 11.5 Å². The number of nitrogens with one attached hydrogen (secondary N) is 1. The number of Topliss-reactive ketones (excluding diaryl/α,β-unsaturated/α-hetero) is 1. The van der Waals surface area contributed by atoms with Gasteiger partial charge < -0.3 is 19.4 Å². The molecule has 0 amide bonds. The number of methoxy groups -OCH3 is 1. The van der Waals surface area contributed by atoms with Crippen molar-refractivity contribution >= 4 is 28.6 Å². The molecule has 30 heavy (non-hydrogen) atoms. The Hall–Kier alpha value is -3.42. The van der Waals surface area contributed by atoms with Gasteiger partial charge >= 0.3 is 5.97 Å². The van der Waals surface area contributed by atoms with Gasteiger partial charge in [0.1, 0.15) is 34.3 Å². The van der Waals surface area contributed by atoms with Crippen LogP contribution in [0.15, 0.2) is 36.8 Å². The molecule has 2 fully saturated rings. The Kier molecular flexibility index (Phi) is 4.42. The number of aromatic amines is 1. The van der Waals surface area contributed by atoms with Gasteiger partial charge in [0.25, 0.3) is 0 Å². The van der Waals surface area contributed by atoms with Gasteiger partial charge in [-0.3, -0.25) is 4.79 Å². The molecule has 8 nitrogen and oxygen atoms in total. The van der Waals surface area contributed by atoms with Crippen molar-refractivity contribution in [3.05, 3.63) is 42.4 Å². The summed E-state index contributed by atoms with van der Waals surface area (Å²) in [7, 11) is 1.33. The highest BCUT2D eigenvalue weighted by Crippen LogP contribution is 2.47. The first kappa shape index (κ1) is 18.6. The van der Waals surface area contributed by atoms with Gasteiger partial charge in [0.15, 0.2) is 0 Å². The first-order valence-electron chi connectivity index (χ1n) is 10.0. The van der Waals surface area contributed by atoms with Gasteiger partial charge in [-0.05, 0) is 30.4 Å². The molecule has 3 aromatic rings. The lowest BCUT2D eigenvalue weighted by Gasteiger charge is -2.47. The molecule has 0 unspecified atom stereocenters. The smallest absolute Gasteiger partial charge is 0.343 e. The lowest BCUT2D eigenvalue weighted by Crippen LogP contribution is -2.47. The first-order chi connectivity index (χ1) is 14.5. The number of ether oxygens (including phenoxy) is 2. The van der Waals surface area contributed by atoms with Crippen LogP contribution >= 0.6 is 0 Å². The van der Waals surface area contributed by atoms with Crippen LogP contribution in [0.1, 0.15) is 36.0 Å². The minimum Gasteiger partial charge on any atom is -0.465 e. The molecular weight excluding hydrogens is 384 g/mol. The number of hydrogen-bond acceptors (Lipinski definition) is 7. The number of nitrogens with zero attached hydrogens (tertiary/aromatic N) is 3. The largest absolute Gasteiger partial charge is 0.465 e. The summed E-state index contributed by atoms with van der Waals surface area (Å²) in [6.07, 6.45) is 8.28. The summed E-state index contributed by atoms with van der Waals surface area (Å²) in [6.45, 7) is 1.66. The van der Waals surface area contributed by atoms with Crippen LogP contribution < -0.4 is 9.64 Å². The van der Waals surface area contributed by atoms with Crippen molar-refractivity contribution in [3.63, 3.8) is 0 Å².